The third kappa shape index (κ3) is 2.00. The van der Waals surface area contributed by atoms with E-state index < -0.39 is 23.2 Å². The van der Waals surface area contributed by atoms with Gasteiger partial charge >= 0.3 is 5.97 Å². The van der Waals surface area contributed by atoms with E-state index in [4.69, 9.17) is 5.11 Å². The van der Waals surface area contributed by atoms with Crippen LogP contribution >= 0.6 is 0 Å². The van der Waals surface area contributed by atoms with Crippen LogP contribution in [0.1, 0.15) is 10.4 Å². The summed E-state index contributed by atoms with van der Waals surface area (Å²) in [6, 6.07) is 5.40. The molecule has 0 saturated carbocycles. The van der Waals surface area contributed by atoms with E-state index in [9.17, 15) is 18.4 Å². The summed E-state index contributed by atoms with van der Waals surface area (Å²) in [5.74, 6) is -3.58. The van der Waals surface area contributed by atoms with Gasteiger partial charge in [-0.1, -0.05) is 6.07 Å². The Kier molecular flexibility index (Phi) is 2.93. The van der Waals surface area contributed by atoms with Crippen LogP contribution in [-0.2, 0) is 0 Å². The average molecular weight is 251 g/mol. The molecule has 0 saturated heterocycles. The fraction of sp³-hybridized carbons (Fsp3) is 0. The van der Waals surface area contributed by atoms with Gasteiger partial charge in [-0.25, -0.2) is 13.6 Å². The van der Waals surface area contributed by atoms with Crippen LogP contribution in [0.2, 0.25) is 0 Å². The van der Waals surface area contributed by atoms with Crippen molar-refractivity contribution in [2.24, 2.45) is 0 Å². The number of rotatable bonds is 2. The first-order valence-electron chi connectivity index (χ1n) is 4.91. The molecule has 0 atom stereocenters. The van der Waals surface area contributed by atoms with Crippen molar-refractivity contribution in [1.29, 1.82) is 0 Å². The molecule has 1 heterocycles. The molecule has 1 aromatic heterocycles. The summed E-state index contributed by atoms with van der Waals surface area (Å²) >= 11 is 0. The van der Waals surface area contributed by atoms with Crippen molar-refractivity contribution in [3.05, 3.63) is 64.1 Å². The van der Waals surface area contributed by atoms with Gasteiger partial charge in [-0.2, -0.15) is 0 Å². The largest absolute Gasteiger partial charge is 0.478 e. The Hall–Kier alpha value is -2.50. The summed E-state index contributed by atoms with van der Waals surface area (Å²) in [5, 5.41) is 8.79. The quantitative estimate of drug-likeness (QED) is 0.885. The predicted molar refractivity (Wildman–Crippen MR) is 58.9 cm³/mol. The maximum atomic E-state index is 13.5. The second-order valence-electron chi connectivity index (χ2n) is 3.50. The lowest BCUT2D eigenvalue weighted by atomic mass is 10.2. The molecule has 6 heteroatoms. The van der Waals surface area contributed by atoms with E-state index in [-0.39, 0.29) is 11.3 Å². The van der Waals surface area contributed by atoms with E-state index in [0.717, 1.165) is 29.0 Å². The molecule has 0 unspecified atom stereocenters. The fourth-order valence-corrected chi connectivity index (χ4v) is 1.48. The number of halogens is 2. The Morgan fingerprint density at radius 3 is 2.56 bits per heavy atom. The number of benzene rings is 1. The molecular weight excluding hydrogens is 244 g/mol. The van der Waals surface area contributed by atoms with Crippen LogP contribution in [0.25, 0.3) is 5.69 Å². The highest BCUT2D eigenvalue weighted by Gasteiger charge is 2.12. The summed E-state index contributed by atoms with van der Waals surface area (Å²) in [6.45, 7) is 0. The number of pyridine rings is 1. The molecule has 92 valence electrons. The molecule has 0 amide bonds. The number of carboxylic acid groups (broad SMARTS) is 1. The number of aromatic carboxylic acids is 1. The van der Waals surface area contributed by atoms with Crippen molar-refractivity contribution in [1.82, 2.24) is 4.57 Å². The Balaban J connectivity index is 2.70. The highest BCUT2D eigenvalue weighted by Crippen LogP contribution is 2.14. The van der Waals surface area contributed by atoms with Gasteiger partial charge in [-0.3, -0.25) is 9.36 Å². The number of hydrogen-bond acceptors (Lipinski definition) is 2. The number of carboxylic acids is 1. The average Bonchev–Trinajstić information content (AvgIpc) is 2.33. The number of carbonyl (C=O) groups is 1. The Morgan fingerprint density at radius 1 is 1.17 bits per heavy atom. The molecule has 0 aliphatic carbocycles. The molecule has 0 aliphatic rings. The lowest BCUT2D eigenvalue weighted by Crippen LogP contribution is -2.19. The van der Waals surface area contributed by atoms with Crippen LogP contribution in [0.5, 0.6) is 0 Å². The van der Waals surface area contributed by atoms with Gasteiger partial charge in [0, 0.05) is 12.3 Å². The minimum atomic E-state index is -1.26. The molecular formula is C12H7F2NO3. The van der Waals surface area contributed by atoms with Gasteiger partial charge in [0.2, 0.25) is 0 Å². The van der Waals surface area contributed by atoms with E-state index in [2.05, 4.69) is 0 Å². The van der Waals surface area contributed by atoms with Gasteiger partial charge in [0.15, 0.2) is 11.6 Å². The maximum Gasteiger partial charge on any atom is 0.337 e. The minimum absolute atomic E-state index is 0.196. The molecule has 0 radical (unpaired) electrons. The van der Waals surface area contributed by atoms with E-state index >= 15 is 0 Å². The van der Waals surface area contributed by atoms with Crippen LogP contribution in [0.4, 0.5) is 8.78 Å². The van der Waals surface area contributed by atoms with Gasteiger partial charge in [0.05, 0.1) is 11.3 Å². The van der Waals surface area contributed by atoms with Crippen molar-refractivity contribution in [2.75, 3.05) is 0 Å². The standard InChI is InChI=1S/C12H7F2NO3/c13-8-2-1-3-9(11(8)14)15-6-7(12(17)18)4-5-10(15)16/h1-6H,(H,17,18). The molecule has 2 rings (SSSR count). The summed E-state index contributed by atoms with van der Waals surface area (Å²) < 4.78 is 27.3. The second kappa shape index (κ2) is 4.40. The second-order valence-corrected chi connectivity index (χ2v) is 3.50. The monoisotopic (exact) mass is 251 g/mol. The first-order valence-corrected chi connectivity index (χ1v) is 4.91. The van der Waals surface area contributed by atoms with Gasteiger partial charge in [-0.15, -0.1) is 0 Å². The SMILES string of the molecule is O=C(O)c1ccc(=O)n(-c2cccc(F)c2F)c1. The molecule has 4 nitrogen and oxygen atoms in total. The van der Waals surface area contributed by atoms with E-state index in [1.165, 1.54) is 12.1 Å². The lowest BCUT2D eigenvalue weighted by molar-refractivity contribution is 0.0696. The van der Waals surface area contributed by atoms with Gasteiger partial charge in [0.1, 0.15) is 0 Å². The Morgan fingerprint density at radius 2 is 1.89 bits per heavy atom. The molecule has 1 aromatic carbocycles. The highest BCUT2D eigenvalue weighted by atomic mass is 19.2. The molecule has 2 aromatic rings. The van der Waals surface area contributed by atoms with Crippen molar-refractivity contribution in [2.45, 2.75) is 0 Å². The van der Waals surface area contributed by atoms with E-state index in [0.29, 0.717) is 0 Å². The summed E-state index contributed by atoms with van der Waals surface area (Å²) in [7, 11) is 0. The van der Waals surface area contributed by atoms with E-state index in [1.54, 1.807) is 0 Å². The third-order valence-electron chi connectivity index (χ3n) is 2.35. The zero-order chi connectivity index (χ0) is 13.3. The van der Waals surface area contributed by atoms with Crippen LogP contribution in [-0.4, -0.2) is 15.6 Å². The molecule has 18 heavy (non-hydrogen) atoms. The van der Waals surface area contributed by atoms with Gasteiger partial charge in [-0.05, 0) is 18.2 Å². The van der Waals surface area contributed by atoms with Crippen molar-refractivity contribution < 1.29 is 18.7 Å². The predicted octanol–water partition coefficient (Wildman–Crippen LogP) is 1.81. The molecule has 0 bridgehead atoms. The Bertz CT molecular complexity index is 679. The van der Waals surface area contributed by atoms with Crippen molar-refractivity contribution in [3.63, 3.8) is 0 Å². The summed E-state index contributed by atoms with van der Waals surface area (Å²) in [6.07, 6.45) is 0.947. The maximum absolute atomic E-state index is 13.5. The number of hydrogen-bond donors (Lipinski definition) is 1. The van der Waals surface area contributed by atoms with E-state index in [1.807, 2.05) is 0 Å². The molecule has 1 N–H and O–H groups in total. The van der Waals surface area contributed by atoms with Crippen LogP contribution < -0.4 is 5.56 Å². The highest BCUT2D eigenvalue weighted by molar-refractivity contribution is 5.87. The van der Waals surface area contributed by atoms with Crippen LogP contribution in [0, 0.1) is 11.6 Å². The summed E-state index contributed by atoms with van der Waals surface area (Å²) in [5.41, 5.74) is -1.18. The first kappa shape index (κ1) is 12.0. The Labute approximate surface area is 99.7 Å². The van der Waals surface area contributed by atoms with Crippen LogP contribution in [0.15, 0.2) is 41.3 Å². The zero-order valence-electron chi connectivity index (χ0n) is 8.93. The topological polar surface area (TPSA) is 59.3 Å². The molecule has 0 fully saturated rings. The zero-order valence-corrected chi connectivity index (χ0v) is 8.93. The number of nitrogens with zero attached hydrogens (tertiary/aromatic N) is 1. The molecule has 0 spiro atoms. The fourth-order valence-electron chi connectivity index (χ4n) is 1.48. The van der Waals surface area contributed by atoms with Crippen molar-refractivity contribution >= 4 is 5.97 Å². The lowest BCUT2D eigenvalue weighted by Gasteiger charge is -2.07. The minimum Gasteiger partial charge on any atom is -0.478 e. The van der Waals surface area contributed by atoms with Gasteiger partial charge in [0.25, 0.3) is 5.56 Å². The van der Waals surface area contributed by atoms with Gasteiger partial charge < -0.3 is 5.11 Å². The normalized spacial score (nSPS) is 10.3. The first-order chi connectivity index (χ1) is 8.50. The molecule has 0 aliphatic heterocycles. The smallest absolute Gasteiger partial charge is 0.337 e. The number of aromatic nitrogens is 1. The summed E-state index contributed by atoms with van der Waals surface area (Å²) in [4.78, 5) is 22.3. The third-order valence-corrected chi connectivity index (χ3v) is 2.35. The van der Waals surface area contributed by atoms with Crippen LogP contribution in [0.3, 0.4) is 0 Å². The van der Waals surface area contributed by atoms with Crippen molar-refractivity contribution in [3.8, 4) is 5.69 Å².